The van der Waals surface area contributed by atoms with Gasteiger partial charge in [-0.15, -0.1) is 0 Å². The molecule has 2 aromatic heterocycles. The molecule has 0 saturated heterocycles. The van der Waals surface area contributed by atoms with Crippen LogP contribution in [0.4, 0.5) is 0 Å². The van der Waals surface area contributed by atoms with Gasteiger partial charge in [0.1, 0.15) is 11.3 Å². The average Bonchev–Trinajstić information content (AvgIpc) is 3.09. The van der Waals surface area contributed by atoms with Crippen molar-refractivity contribution < 1.29 is 4.42 Å². The molecule has 0 spiro atoms. The Balaban J connectivity index is 1.66. The number of hydrogen-bond donors (Lipinski definition) is 0. The third-order valence-electron chi connectivity index (χ3n) is 7.79. The summed E-state index contributed by atoms with van der Waals surface area (Å²) in [6.45, 7) is 15.7. The van der Waals surface area contributed by atoms with Crippen molar-refractivity contribution in [1.82, 2.24) is 4.98 Å². The highest BCUT2D eigenvalue weighted by Gasteiger charge is 2.28. The summed E-state index contributed by atoms with van der Waals surface area (Å²) in [5.41, 5.74) is 8.66. The van der Waals surface area contributed by atoms with E-state index in [4.69, 9.17) is 9.40 Å². The first-order valence-electron chi connectivity index (χ1n) is 12.6. The standard InChI is InChI=1S/C31H37NO/c1-18(2)29-21(5)26-14-19(3)15-27(30(26)33-29)28-25-9-8-23(17-24(25)16-20(4)32-28)22-10-12-31(6,7)13-11-22/h8-9,14-18,22H,10-13H2,1-7H3. The van der Waals surface area contributed by atoms with Crippen molar-refractivity contribution in [3.8, 4) is 11.3 Å². The number of aryl methyl sites for hydroxylation is 3. The molecule has 0 atom stereocenters. The van der Waals surface area contributed by atoms with Crippen molar-refractivity contribution in [1.29, 1.82) is 0 Å². The molecule has 2 nitrogen and oxygen atoms in total. The Morgan fingerprint density at radius 2 is 1.67 bits per heavy atom. The number of pyridine rings is 1. The first kappa shape index (κ1) is 22.2. The third-order valence-corrected chi connectivity index (χ3v) is 7.79. The number of hydrogen-bond acceptors (Lipinski definition) is 2. The molecule has 33 heavy (non-hydrogen) atoms. The molecule has 4 aromatic rings. The van der Waals surface area contributed by atoms with Crippen LogP contribution >= 0.6 is 0 Å². The Labute approximate surface area is 198 Å². The summed E-state index contributed by atoms with van der Waals surface area (Å²) in [4.78, 5) is 5.05. The zero-order valence-corrected chi connectivity index (χ0v) is 21.3. The largest absolute Gasteiger partial charge is 0.460 e. The Morgan fingerprint density at radius 1 is 0.939 bits per heavy atom. The van der Waals surface area contributed by atoms with Gasteiger partial charge in [0.2, 0.25) is 0 Å². The first-order chi connectivity index (χ1) is 15.6. The summed E-state index contributed by atoms with van der Waals surface area (Å²) in [6, 6.07) is 13.8. The number of aromatic nitrogens is 1. The normalized spacial score (nSPS) is 16.8. The summed E-state index contributed by atoms with van der Waals surface area (Å²) in [5.74, 6) is 2.11. The van der Waals surface area contributed by atoms with Crippen molar-refractivity contribution in [3.63, 3.8) is 0 Å². The Hall–Kier alpha value is -2.61. The van der Waals surface area contributed by atoms with Crippen LogP contribution in [0.5, 0.6) is 0 Å². The Bertz CT molecular complexity index is 1340. The highest BCUT2D eigenvalue weighted by Crippen LogP contribution is 2.44. The second-order valence-electron chi connectivity index (χ2n) is 11.5. The number of rotatable bonds is 3. The Morgan fingerprint density at radius 3 is 2.36 bits per heavy atom. The molecule has 0 amide bonds. The van der Waals surface area contributed by atoms with Gasteiger partial charge in [-0.2, -0.15) is 0 Å². The van der Waals surface area contributed by atoms with Gasteiger partial charge in [0.05, 0.1) is 5.69 Å². The molecule has 5 rings (SSSR count). The van der Waals surface area contributed by atoms with E-state index in [-0.39, 0.29) is 0 Å². The van der Waals surface area contributed by atoms with Crippen LogP contribution in [0.1, 0.15) is 93.4 Å². The van der Waals surface area contributed by atoms with Crippen molar-refractivity contribution in [3.05, 3.63) is 64.5 Å². The fourth-order valence-corrected chi connectivity index (χ4v) is 5.81. The number of nitrogens with zero attached hydrogens (tertiary/aromatic N) is 1. The second-order valence-corrected chi connectivity index (χ2v) is 11.5. The average molecular weight is 440 g/mol. The van der Waals surface area contributed by atoms with Gasteiger partial charge in [0.25, 0.3) is 0 Å². The lowest BCUT2D eigenvalue weighted by molar-refractivity contribution is 0.224. The molecule has 1 aliphatic carbocycles. The lowest BCUT2D eigenvalue weighted by Crippen LogP contribution is -2.20. The number of benzene rings is 2. The fourth-order valence-electron chi connectivity index (χ4n) is 5.81. The molecule has 172 valence electrons. The van der Waals surface area contributed by atoms with E-state index in [1.807, 2.05) is 0 Å². The molecule has 1 fully saturated rings. The summed E-state index contributed by atoms with van der Waals surface area (Å²) < 4.78 is 6.49. The SMILES string of the molecule is Cc1cc(-c2nc(C)cc3cc(C4CCC(C)(C)CC4)ccc23)c2oc(C(C)C)c(C)c2c1. The predicted octanol–water partition coefficient (Wildman–Crippen LogP) is 9.38. The van der Waals surface area contributed by atoms with E-state index < -0.39 is 0 Å². The maximum Gasteiger partial charge on any atom is 0.143 e. The zero-order valence-electron chi connectivity index (χ0n) is 21.3. The van der Waals surface area contributed by atoms with Gasteiger partial charge < -0.3 is 4.42 Å². The van der Waals surface area contributed by atoms with Crippen LogP contribution in [0.15, 0.2) is 40.8 Å². The van der Waals surface area contributed by atoms with Crippen molar-refractivity contribution >= 4 is 21.7 Å². The van der Waals surface area contributed by atoms with Crippen LogP contribution in [-0.4, -0.2) is 4.98 Å². The van der Waals surface area contributed by atoms with E-state index in [2.05, 4.69) is 84.9 Å². The molecule has 0 radical (unpaired) electrons. The van der Waals surface area contributed by atoms with E-state index >= 15 is 0 Å². The fraction of sp³-hybridized carbons (Fsp3) is 0.452. The molecule has 0 bridgehead atoms. The molecule has 1 saturated carbocycles. The van der Waals surface area contributed by atoms with Gasteiger partial charge in [-0.1, -0.05) is 45.9 Å². The quantitative estimate of drug-likeness (QED) is 0.318. The lowest BCUT2D eigenvalue weighted by Gasteiger charge is -2.34. The molecular formula is C31H37NO. The van der Waals surface area contributed by atoms with Gasteiger partial charge in [0, 0.05) is 27.9 Å². The topological polar surface area (TPSA) is 26.0 Å². The van der Waals surface area contributed by atoms with E-state index in [0.717, 1.165) is 28.3 Å². The first-order valence-corrected chi connectivity index (χ1v) is 12.6. The minimum atomic E-state index is 0.357. The highest BCUT2D eigenvalue weighted by molar-refractivity contribution is 6.03. The maximum absolute atomic E-state index is 6.49. The van der Waals surface area contributed by atoms with E-state index in [0.29, 0.717) is 17.3 Å². The van der Waals surface area contributed by atoms with Gasteiger partial charge >= 0.3 is 0 Å². The molecule has 0 unspecified atom stereocenters. The minimum absolute atomic E-state index is 0.357. The van der Waals surface area contributed by atoms with Gasteiger partial charge in [-0.3, -0.25) is 4.98 Å². The van der Waals surface area contributed by atoms with Gasteiger partial charge in [0.15, 0.2) is 0 Å². The summed E-state index contributed by atoms with van der Waals surface area (Å²) in [6.07, 6.45) is 5.20. The summed E-state index contributed by atoms with van der Waals surface area (Å²) >= 11 is 0. The van der Waals surface area contributed by atoms with E-state index in [1.54, 1.807) is 0 Å². The molecular weight excluding hydrogens is 402 g/mol. The summed E-state index contributed by atoms with van der Waals surface area (Å²) in [7, 11) is 0. The van der Waals surface area contributed by atoms with Crippen molar-refractivity contribution in [2.45, 2.75) is 86.0 Å². The zero-order chi connectivity index (χ0) is 23.5. The van der Waals surface area contributed by atoms with Crippen molar-refractivity contribution in [2.24, 2.45) is 5.41 Å². The molecule has 1 aliphatic rings. The third kappa shape index (κ3) is 3.98. The molecule has 0 aliphatic heterocycles. The van der Waals surface area contributed by atoms with Gasteiger partial charge in [-0.25, -0.2) is 0 Å². The van der Waals surface area contributed by atoms with Crippen molar-refractivity contribution in [2.75, 3.05) is 0 Å². The smallest absolute Gasteiger partial charge is 0.143 e. The minimum Gasteiger partial charge on any atom is -0.460 e. The van der Waals surface area contributed by atoms with Gasteiger partial charge in [-0.05, 0) is 98.1 Å². The molecule has 2 aromatic carbocycles. The number of fused-ring (bicyclic) bond motifs is 2. The molecule has 2 heterocycles. The molecule has 2 heteroatoms. The van der Waals surface area contributed by atoms with Crippen LogP contribution in [0.25, 0.3) is 33.0 Å². The van der Waals surface area contributed by atoms with E-state index in [9.17, 15) is 0 Å². The monoisotopic (exact) mass is 439 g/mol. The highest BCUT2D eigenvalue weighted by atomic mass is 16.3. The van der Waals surface area contributed by atoms with Crippen LogP contribution < -0.4 is 0 Å². The van der Waals surface area contributed by atoms with E-state index in [1.165, 1.54) is 58.5 Å². The predicted molar refractivity (Wildman–Crippen MR) is 140 cm³/mol. The number of furan rings is 1. The molecule has 0 N–H and O–H groups in total. The second kappa shape index (κ2) is 8.01. The van der Waals surface area contributed by atoms with Crippen LogP contribution in [0.3, 0.4) is 0 Å². The van der Waals surface area contributed by atoms with Crippen LogP contribution in [0, 0.1) is 26.2 Å². The van der Waals surface area contributed by atoms with Crippen LogP contribution in [0.2, 0.25) is 0 Å². The maximum atomic E-state index is 6.49. The lowest BCUT2D eigenvalue weighted by atomic mass is 9.71. The summed E-state index contributed by atoms with van der Waals surface area (Å²) in [5, 5.41) is 3.72. The van der Waals surface area contributed by atoms with Crippen LogP contribution in [-0.2, 0) is 0 Å². The Kier molecular flexibility index (Phi) is 5.39.